The first-order chi connectivity index (χ1) is 16.4. The lowest BCUT2D eigenvalue weighted by Crippen LogP contribution is -2.25. The van der Waals surface area contributed by atoms with Crippen LogP contribution in [0.25, 0.3) is 11.1 Å². The number of pyridine rings is 2. The summed E-state index contributed by atoms with van der Waals surface area (Å²) >= 11 is 1.73. The monoisotopic (exact) mass is 470 g/mol. The lowest BCUT2D eigenvalue weighted by Gasteiger charge is -2.17. The van der Waals surface area contributed by atoms with Gasteiger partial charge in [0.1, 0.15) is 11.5 Å². The van der Waals surface area contributed by atoms with Crippen molar-refractivity contribution in [3.05, 3.63) is 84.0 Å². The van der Waals surface area contributed by atoms with Crippen LogP contribution < -0.4 is 5.32 Å². The number of benzene rings is 1. The number of amides is 1. The summed E-state index contributed by atoms with van der Waals surface area (Å²) in [6, 6.07) is 14.7. The van der Waals surface area contributed by atoms with E-state index in [2.05, 4.69) is 29.1 Å². The van der Waals surface area contributed by atoms with Gasteiger partial charge in [0.15, 0.2) is 0 Å². The van der Waals surface area contributed by atoms with Crippen molar-refractivity contribution in [2.24, 2.45) is 5.92 Å². The Balaban J connectivity index is 1.46. The van der Waals surface area contributed by atoms with Crippen LogP contribution in [0.15, 0.2) is 77.7 Å². The molecule has 0 saturated carbocycles. The van der Waals surface area contributed by atoms with Crippen LogP contribution >= 0.6 is 11.8 Å². The summed E-state index contributed by atoms with van der Waals surface area (Å²) in [4.78, 5) is 23.2. The summed E-state index contributed by atoms with van der Waals surface area (Å²) < 4.78 is 0. The van der Waals surface area contributed by atoms with Crippen LogP contribution in [0.2, 0.25) is 0 Å². The fraction of sp³-hybridized carbons (Fsp3) is 0.192. The molecule has 4 rings (SSSR count). The molecular formula is C26H26N6OS. The van der Waals surface area contributed by atoms with Crippen LogP contribution in [0.1, 0.15) is 36.3 Å². The fourth-order valence-electron chi connectivity index (χ4n) is 3.23. The quantitative estimate of drug-likeness (QED) is 0.212. The third-order valence-electron chi connectivity index (χ3n) is 5.09. The first-order valence-electron chi connectivity index (χ1n) is 11.0. The lowest BCUT2D eigenvalue weighted by molar-refractivity contribution is 0.102. The Morgan fingerprint density at radius 2 is 2.00 bits per heavy atom. The van der Waals surface area contributed by atoms with Gasteiger partial charge in [0.25, 0.3) is 5.91 Å². The van der Waals surface area contributed by atoms with E-state index in [-0.39, 0.29) is 11.7 Å². The van der Waals surface area contributed by atoms with Crippen molar-refractivity contribution in [3.63, 3.8) is 0 Å². The van der Waals surface area contributed by atoms with E-state index in [1.54, 1.807) is 48.3 Å². The minimum Gasteiger partial charge on any atom is -0.321 e. The van der Waals surface area contributed by atoms with Gasteiger partial charge in [0.05, 0.1) is 11.4 Å². The topological polar surface area (TPSA) is 106 Å². The number of nitrogens with one attached hydrogen (secondary N) is 3. The number of anilines is 1. The highest BCUT2D eigenvalue weighted by atomic mass is 32.2. The van der Waals surface area contributed by atoms with E-state index in [0.29, 0.717) is 22.9 Å². The molecule has 2 heterocycles. The number of carbonyl (C=O) groups excluding carboxylic acids is 1. The van der Waals surface area contributed by atoms with E-state index in [4.69, 9.17) is 10.8 Å². The van der Waals surface area contributed by atoms with Gasteiger partial charge in [0.2, 0.25) is 0 Å². The van der Waals surface area contributed by atoms with E-state index >= 15 is 0 Å². The number of thioether (sulfide) groups is 1. The van der Waals surface area contributed by atoms with E-state index < -0.39 is 0 Å². The molecule has 1 amide bonds. The lowest BCUT2D eigenvalue weighted by atomic mass is 10.1. The first-order valence-corrected chi connectivity index (χ1v) is 12.0. The summed E-state index contributed by atoms with van der Waals surface area (Å²) in [5.74, 6) is 1.47. The van der Waals surface area contributed by atoms with Crippen LogP contribution in [0, 0.1) is 16.7 Å². The maximum atomic E-state index is 12.9. The van der Waals surface area contributed by atoms with Crippen molar-refractivity contribution in [2.75, 3.05) is 11.1 Å². The molecule has 1 aliphatic rings. The average molecular weight is 471 g/mol. The summed E-state index contributed by atoms with van der Waals surface area (Å²) in [5.41, 5.74) is 4.17. The SMILES string of the molecule is CC(C)CSc1ccc(-c2ccnc(C(=O)Nc3cccc(C(=N)N(C=N)C4=CC4)c3)c2)cn1. The van der Waals surface area contributed by atoms with Crippen molar-refractivity contribution in [1.82, 2.24) is 14.9 Å². The molecule has 7 nitrogen and oxygen atoms in total. The molecular weight excluding hydrogens is 444 g/mol. The molecule has 0 bridgehead atoms. The van der Waals surface area contributed by atoms with E-state index in [0.717, 1.165) is 40.4 Å². The number of allylic oxidation sites excluding steroid dienone is 2. The molecule has 2 aromatic heterocycles. The van der Waals surface area contributed by atoms with Crippen molar-refractivity contribution in [2.45, 2.75) is 25.3 Å². The zero-order chi connectivity index (χ0) is 24.1. The maximum absolute atomic E-state index is 12.9. The first kappa shape index (κ1) is 23.4. The van der Waals surface area contributed by atoms with E-state index in [1.807, 2.05) is 30.5 Å². The Morgan fingerprint density at radius 3 is 2.68 bits per heavy atom. The average Bonchev–Trinajstić information content (AvgIpc) is 3.69. The van der Waals surface area contributed by atoms with Gasteiger partial charge in [-0.25, -0.2) is 4.98 Å². The Labute approximate surface area is 203 Å². The second-order valence-corrected chi connectivity index (χ2v) is 9.34. The Morgan fingerprint density at radius 1 is 1.18 bits per heavy atom. The predicted octanol–water partition coefficient (Wildman–Crippen LogP) is 5.67. The number of hydrogen-bond donors (Lipinski definition) is 3. The largest absolute Gasteiger partial charge is 0.321 e. The molecule has 8 heteroatoms. The number of amidine groups is 1. The number of aromatic nitrogens is 2. The highest BCUT2D eigenvalue weighted by molar-refractivity contribution is 7.99. The highest BCUT2D eigenvalue weighted by Crippen LogP contribution is 2.25. The van der Waals surface area contributed by atoms with Gasteiger partial charge in [-0.2, -0.15) is 0 Å². The van der Waals surface area contributed by atoms with E-state index in [1.165, 1.54) is 4.90 Å². The van der Waals surface area contributed by atoms with Crippen molar-refractivity contribution >= 4 is 35.5 Å². The van der Waals surface area contributed by atoms with Crippen LogP contribution in [-0.2, 0) is 0 Å². The van der Waals surface area contributed by atoms with Crippen molar-refractivity contribution in [1.29, 1.82) is 10.8 Å². The predicted molar refractivity (Wildman–Crippen MR) is 138 cm³/mol. The maximum Gasteiger partial charge on any atom is 0.274 e. The molecule has 1 aliphatic carbocycles. The summed E-state index contributed by atoms with van der Waals surface area (Å²) in [5, 5.41) is 19.8. The zero-order valence-electron chi connectivity index (χ0n) is 19.1. The number of nitrogens with zero attached hydrogens (tertiary/aromatic N) is 3. The second-order valence-electron chi connectivity index (χ2n) is 8.30. The van der Waals surface area contributed by atoms with Crippen LogP contribution in [0.3, 0.4) is 0 Å². The van der Waals surface area contributed by atoms with Gasteiger partial charge in [0, 0.05) is 47.1 Å². The van der Waals surface area contributed by atoms with Gasteiger partial charge >= 0.3 is 0 Å². The van der Waals surface area contributed by atoms with Gasteiger partial charge in [-0.3, -0.25) is 25.5 Å². The van der Waals surface area contributed by atoms with Gasteiger partial charge in [-0.15, -0.1) is 11.8 Å². The Hall–Kier alpha value is -3.78. The number of rotatable bonds is 9. The third-order valence-corrected chi connectivity index (χ3v) is 6.46. The summed E-state index contributed by atoms with van der Waals surface area (Å²) in [7, 11) is 0. The molecule has 0 saturated heterocycles. The summed E-state index contributed by atoms with van der Waals surface area (Å²) in [6.45, 7) is 4.37. The van der Waals surface area contributed by atoms with Crippen LogP contribution in [0.5, 0.6) is 0 Å². The molecule has 0 fully saturated rings. The molecule has 0 unspecified atom stereocenters. The molecule has 0 atom stereocenters. The molecule has 3 aromatic rings. The van der Waals surface area contributed by atoms with Crippen molar-refractivity contribution in [3.8, 4) is 11.1 Å². The summed E-state index contributed by atoms with van der Waals surface area (Å²) in [6.07, 6.45) is 7.30. The van der Waals surface area contributed by atoms with Gasteiger partial charge in [-0.1, -0.05) is 38.1 Å². The third kappa shape index (κ3) is 5.77. The molecule has 0 radical (unpaired) electrons. The van der Waals surface area contributed by atoms with Crippen molar-refractivity contribution < 1.29 is 4.79 Å². The van der Waals surface area contributed by atoms with Crippen LogP contribution in [0.4, 0.5) is 5.69 Å². The molecule has 0 spiro atoms. The minimum atomic E-state index is -0.337. The normalized spacial score (nSPS) is 12.1. The Bertz CT molecular complexity index is 1250. The molecule has 3 N–H and O–H groups in total. The standard InChI is InChI=1S/C26H26N6OS/c1-17(2)15-34-24-9-6-20(14-30-24)18-10-11-29-23(13-18)26(33)31-21-5-3-4-19(12-21)25(28)32(16-27)22-7-8-22/h3-7,9-14,16-17,27-28H,8,15H2,1-2H3,(H,31,33). The molecule has 172 valence electrons. The second kappa shape index (κ2) is 10.4. The van der Waals surface area contributed by atoms with Gasteiger partial charge in [-0.05, 0) is 41.8 Å². The number of carbonyl (C=O) groups is 1. The zero-order valence-corrected chi connectivity index (χ0v) is 19.9. The molecule has 0 aliphatic heterocycles. The fourth-order valence-corrected chi connectivity index (χ4v) is 4.03. The minimum absolute atomic E-state index is 0.192. The van der Waals surface area contributed by atoms with E-state index in [9.17, 15) is 4.79 Å². The molecule has 34 heavy (non-hydrogen) atoms. The smallest absolute Gasteiger partial charge is 0.274 e. The number of hydrogen-bond acceptors (Lipinski definition) is 6. The van der Waals surface area contributed by atoms with Gasteiger partial charge < -0.3 is 5.32 Å². The highest BCUT2D eigenvalue weighted by Gasteiger charge is 2.20. The Kier molecular flexibility index (Phi) is 7.18. The molecule has 1 aromatic carbocycles. The van der Waals surface area contributed by atoms with Crippen LogP contribution in [-0.4, -0.2) is 38.7 Å².